The molecule has 0 spiro atoms. The van der Waals surface area contributed by atoms with Gasteiger partial charge in [-0.05, 0) is 32.1 Å². The number of rotatable bonds is 4. The zero-order valence-electron chi connectivity index (χ0n) is 14.4. The van der Waals surface area contributed by atoms with Crippen molar-refractivity contribution in [2.75, 3.05) is 39.3 Å². The zero-order valence-corrected chi connectivity index (χ0v) is 17.8. The molecular weight excluding hydrogens is 440 g/mol. The monoisotopic (exact) mass is 468 g/mol. The van der Waals surface area contributed by atoms with Crippen LogP contribution in [0, 0.1) is 0 Å². The van der Waals surface area contributed by atoms with Gasteiger partial charge in [-0.3, -0.25) is 19.4 Å². The second-order valence-corrected chi connectivity index (χ2v) is 7.02. The molecule has 6 nitrogen and oxygen atoms in total. The fourth-order valence-corrected chi connectivity index (χ4v) is 4.57. The molecule has 3 rings (SSSR count). The van der Waals surface area contributed by atoms with Gasteiger partial charge in [0.2, 0.25) is 11.8 Å². The summed E-state index contributed by atoms with van der Waals surface area (Å²) in [4.78, 5) is 30.1. The van der Waals surface area contributed by atoms with Crippen molar-refractivity contribution in [3.63, 3.8) is 0 Å². The number of primary amides is 1. The van der Waals surface area contributed by atoms with Gasteiger partial charge in [-0.2, -0.15) is 0 Å². The standard InChI is InChI=1S/C16H28N4O2.2BrH/c1-13(21)19-10-7-18(8-11-19)9-12-20-14-3-2-5-16(20,6-4-14)15(17)22;;/h14H,2-12H2,1H3,(H2,17,22);2*1H/t14-,16+;;/m1../s1. The van der Waals surface area contributed by atoms with Gasteiger partial charge >= 0.3 is 0 Å². The number of piperidine rings is 1. The molecule has 0 saturated carbocycles. The van der Waals surface area contributed by atoms with E-state index in [2.05, 4.69) is 9.80 Å². The number of nitrogens with zero attached hydrogens (tertiary/aromatic N) is 3. The van der Waals surface area contributed by atoms with E-state index in [1.54, 1.807) is 6.92 Å². The molecule has 2 bridgehead atoms. The molecule has 8 heteroatoms. The molecule has 2 amide bonds. The Kier molecular flexibility index (Phi) is 8.16. The highest BCUT2D eigenvalue weighted by Gasteiger charge is 2.52. The molecule has 0 aromatic carbocycles. The first-order valence-corrected chi connectivity index (χ1v) is 8.57. The van der Waals surface area contributed by atoms with Crippen molar-refractivity contribution in [2.24, 2.45) is 5.73 Å². The molecule has 24 heavy (non-hydrogen) atoms. The third-order valence-corrected chi connectivity index (χ3v) is 5.94. The Balaban J connectivity index is 0.00000144. The molecular formula is C16H30Br2N4O2. The van der Waals surface area contributed by atoms with Crippen molar-refractivity contribution >= 4 is 45.8 Å². The quantitative estimate of drug-likeness (QED) is 0.671. The van der Waals surface area contributed by atoms with Crippen LogP contribution in [-0.2, 0) is 9.59 Å². The SMILES string of the molecule is Br.Br.CC(=O)N1CCN(CCN2[C@@H]3CCC[C@@]2(C(N)=O)CC3)CC1. The Hall–Kier alpha value is -0.180. The second-order valence-electron chi connectivity index (χ2n) is 7.02. The van der Waals surface area contributed by atoms with E-state index in [0.717, 1.165) is 65.0 Å². The lowest BCUT2D eigenvalue weighted by atomic mass is 9.87. The Morgan fingerprint density at radius 1 is 1.04 bits per heavy atom. The van der Waals surface area contributed by atoms with Gasteiger partial charge < -0.3 is 10.6 Å². The Morgan fingerprint density at radius 3 is 2.29 bits per heavy atom. The summed E-state index contributed by atoms with van der Waals surface area (Å²) in [6.45, 7) is 7.03. The van der Waals surface area contributed by atoms with Gasteiger partial charge in [-0.25, -0.2) is 0 Å². The van der Waals surface area contributed by atoms with Gasteiger partial charge in [-0.1, -0.05) is 0 Å². The van der Waals surface area contributed by atoms with Crippen molar-refractivity contribution in [2.45, 2.75) is 50.6 Å². The van der Waals surface area contributed by atoms with E-state index in [1.165, 1.54) is 6.42 Å². The summed E-state index contributed by atoms with van der Waals surface area (Å²) < 4.78 is 0. The van der Waals surface area contributed by atoms with Crippen LogP contribution in [0.2, 0.25) is 0 Å². The predicted octanol–water partition coefficient (Wildman–Crippen LogP) is 1.18. The molecule has 0 aliphatic carbocycles. The molecule has 3 fully saturated rings. The first-order valence-electron chi connectivity index (χ1n) is 8.57. The average Bonchev–Trinajstić information content (AvgIpc) is 2.71. The summed E-state index contributed by atoms with van der Waals surface area (Å²) in [5.74, 6) is 0.0394. The lowest BCUT2D eigenvalue weighted by molar-refractivity contribution is -0.133. The number of piperazine rings is 1. The van der Waals surface area contributed by atoms with Crippen LogP contribution in [0.1, 0.15) is 39.0 Å². The molecule has 140 valence electrons. The summed E-state index contributed by atoms with van der Waals surface area (Å²) in [5.41, 5.74) is 5.38. The third kappa shape index (κ3) is 4.14. The molecule has 0 radical (unpaired) electrons. The number of amides is 2. The van der Waals surface area contributed by atoms with E-state index in [9.17, 15) is 9.59 Å². The minimum atomic E-state index is -0.371. The number of carbonyl (C=O) groups is 2. The fourth-order valence-electron chi connectivity index (χ4n) is 4.57. The summed E-state index contributed by atoms with van der Waals surface area (Å²) in [6, 6.07) is 0.541. The number of fused-ring (bicyclic) bond motifs is 2. The van der Waals surface area contributed by atoms with Crippen molar-refractivity contribution in [3.05, 3.63) is 0 Å². The van der Waals surface area contributed by atoms with Gasteiger partial charge in [0.15, 0.2) is 0 Å². The lowest BCUT2D eigenvalue weighted by Gasteiger charge is -2.44. The molecule has 3 aliphatic heterocycles. The van der Waals surface area contributed by atoms with Crippen LogP contribution in [0.4, 0.5) is 0 Å². The Morgan fingerprint density at radius 2 is 1.71 bits per heavy atom. The van der Waals surface area contributed by atoms with Crippen LogP contribution >= 0.6 is 34.0 Å². The molecule has 3 saturated heterocycles. The lowest BCUT2D eigenvalue weighted by Crippen LogP contribution is -2.60. The second kappa shape index (κ2) is 8.96. The number of hydrogen-bond donors (Lipinski definition) is 1. The van der Waals surface area contributed by atoms with Gasteiger partial charge in [-0.15, -0.1) is 34.0 Å². The highest BCUT2D eigenvalue weighted by Crippen LogP contribution is 2.43. The molecule has 0 unspecified atom stereocenters. The average molecular weight is 470 g/mol. The van der Waals surface area contributed by atoms with Crippen molar-refractivity contribution in [1.82, 2.24) is 14.7 Å². The minimum absolute atomic E-state index is 0. The summed E-state index contributed by atoms with van der Waals surface area (Å²) in [7, 11) is 0. The van der Waals surface area contributed by atoms with Crippen molar-refractivity contribution in [3.8, 4) is 0 Å². The van der Waals surface area contributed by atoms with Gasteiger partial charge in [0.05, 0.1) is 0 Å². The number of halogens is 2. The van der Waals surface area contributed by atoms with E-state index in [-0.39, 0.29) is 51.3 Å². The van der Waals surface area contributed by atoms with Gasteiger partial charge in [0, 0.05) is 52.2 Å². The summed E-state index contributed by atoms with van der Waals surface area (Å²) >= 11 is 0. The summed E-state index contributed by atoms with van der Waals surface area (Å²) in [5, 5.41) is 0. The van der Waals surface area contributed by atoms with Crippen LogP contribution in [-0.4, -0.2) is 77.4 Å². The smallest absolute Gasteiger partial charge is 0.237 e. The van der Waals surface area contributed by atoms with Crippen LogP contribution in [0.3, 0.4) is 0 Å². The first kappa shape index (κ1) is 21.9. The first-order chi connectivity index (χ1) is 10.5. The van der Waals surface area contributed by atoms with Crippen LogP contribution in [0.15, 0.2) is 0 Å². The Bertz CT molecular complexity index is 453. The third-order valence-electron chi connectivity index (χ3n) is 5.94. The van der Waals surface area contributed by atoms with E-state index in [1.807, 2.05) is 4.90 Å². The summed E-state index contributed by atoms with van der Waals surface area (Å²) in [6.07, 6.45) is 5.30. The van der Waals surface area contributed by atoms with E-state index in [0.29, 0.717) is 6.04 Å². The van der Waals surface area contributed by atoms with Gasteiger partial charge in [0.25, 0.3) is 0 Å². The minimum Gasteiger partial charge on any atom is -0.368 e. The maximum Gasteiger partial charge on any atom is 0.237 e. The highest BCUT2D eigenvalue weighted by molar-refractivity contribution is 8.93. The number of nitrogens with two attached hydrogens (primary N) is 1. The Labute approximate surface area is 165 Å². The van der Waals surface area contributed by atoms with Crippen LogP contribution in [0.25, 0.3) is 0 Å². The van der Waals surface area contributed by atoms with Crippen LogP contribution < -0.4 is 5.73 Å². The van der Waals surface area contributed by atoms with E-state index < -0.39 is 0 Å². The fraction of sp³-hybridized carbons (Fsp3) is 0.875. The molecule has 0 aromatic heterocycles. The largest absolute Gasteiger partial charge is 0.368 e. The number of carbonyl (C=O) groups excluding carboxylic acids is 2. The maximum absolute atomic E-state index is 12.0. The molecule has 2 N–H and O–H groups in total. The predicted molar refractivity (Wildman–Crippen MR) is 105 cm³/mol. The van der Waals surface area contributed by atoms with Crippen molar-refractivity contribution < 1.29 is 9.59 Å². The molecule has 0 aromatic rings. The van der Waals surface area contributed by atoms with Gasteiger partial charge in [0.1, 0.15) is 5.54 Å². The molecule has 2 atom stereocenters. The topological polar surface area (TPSA) is 69.9 Å². The highest BCUT2D eigenvalue weighted by atomic mass is 79.9. The normalized spacial score (nSPS) is 30.4. The van der Waals surface area contributed by atoms with Crippen molar-refractivity contribution in [1.29, 1.82) is 0 Å². The zero-order chi connectivity index (χ0) is 15.7. The maximum atomic E-state index is 12.0. The molecule has 3 heterocycles. The van der Waals surface area contributed by atoms with E-state index in [4.69, 9.17) is 5.73 Å². The molecule has 3 aliphatic rings. The van der Waals surface area contributed by atoms with E-state index >= 15 is 0 Å². The van der Waals surface area contributed by atoms with Crippen LogP contribution in [0.5, 0.6) is 0 Å². The number of hydrogen-bond acceptors (Lipinski definition) is 4.